The first kappa shape index (κ1) is 17.1. The van der Waals surface area contributed by atoms with E-state index >= 15 is 0 Å². The summed E-state index contributed by atoms with van der Waals surface area (Å²) in [5, 5.41) is 10.5. The van der Waals surface area contributed by atoms with Crippen LogP contribution in [-0.2, 0) is 9.53 Å². The Balaban J connectivity index is 2.94. The highest BCUT2D eigenvalue weighted by Gasteiger charge is 2.26. The average Bonchev–Trinajstić information content (AvgIpc) is 2.66. The number of nitrogens with zero attached hydrogens (tertiary/aromatic N) is 3. The molecule has 1 aromatic rings. The van der Waals surface area contributed by atoms with Crippen molar-refractivity contribution < 1.29 is 14.3 Å². The van der Waals surface area contributed by atoms with Gasteiger partial charge >= 0.3 is 5.97 Å². The molecule has 1 unspecified atom stereocenters. The zero-order chi connectivity index (χ0) is 16.4. The maximum Gasteiger partial charge on any atom is 0.361 e. The molecular weight excluding hydrogens is 272 g/mol. The molecule has 0 aliphatic rings. The number of ether oxygens (including phenoxy) is 1. The van der Waals surface area contributed by atoms with Crippen LogP contribution in [0.5, 0.6) is 0 Å². The quantitative estimate of drug-likeness (QED) is 0.853. The molecule has 0 spiro atoms. The van der Waals surface area contributed by atoms with E-state index in [-0.39, 0.29) is 17.6 Å². The van der Waals surface area contributed by atoms with Crippen molar-refractivity contribution in [1.82, 2.24) is 20.3 Å². The van der Waals surface area contributed by atoms with E-state index < -0.39 is 17.6 Å². The van der Waals surface area contributed by atoms with Crippen LogP contribution >= 0.6 is 0 Å². The standard InChI is InChI=1S/C14H24N4O3/c1-8(2)15-12(19)10(4)18-9(3)11(16-17-18)13(20)21-14(5,6)7/h8,10H,1-7H3,(H,15,19). The Bertz CT molecular complexity index is 529. The molecule has 0 aromatic carbocycles. The second-order valence-corrected chi connectivity index (χ2v) is 6.31. The normalized spacial score (nSPS) is 13.1. The third kappa shape index (κ3) is 4.54. The molecule has 7 nitrogen and oxygen atoms in total. The minimum atomic E-state index is -0.603. The molecule has 0 bridgehead atoms. The molecule has 1 N–H and O–H groups in total. The lowest BCUT2D eigenvalue weighted by Crippen LogP contribution is -2.36. The second kappa shape index (κ2) is 6.24. The van der Waals surface area contributed by atoms with E-state index in [2.05, 4.69) is 15.6 Å². The Morgan fingerprint density at radius 1 is 1.24 bits per heavy atom. The Kier molecular flexibility index (Phi) is 5.09. The molecule has 1 atom stereocenters. The van der Waals surface area contributed by atoms with Gasteiger partial charge in [-0.15, -0.1) is 5.10 Å². The molecule has 1 aromatic heterocycles. The lowest BCUT2D eigenvalue weighted by atomic mass is 10.2. The first-order valence-electron chi connectivity index (χ1n) is 6.98. The summed E-state index contributed by atoms with van der Waals surface area (Å²) >= 11 is 0. The van der Waals surface area contributed by atoms with E-state index in [1.807, 2.05) is 13.8 Å². The number of carbonyl (C=O) groups is 2. The van der Waals surface area contributed by atoms with Crippen molar-refractivity contribution in [2.24, 2.45) is 0 Å². The number of amides is 1. The fraction of sp³-hybridized carbons (Fsp3) is 0.714. The first-order valence-corrected chi connectivity index (χ1v) is 6.98. The van der Waals surface area contributed by atoms with Crippen LogP contribution in [0.15, 0.2) is 0 Å². The predicted octanol–water partition coefficient (Wildman–Crippen LogP) is 1.63. The maximum absolute atomic E-state index is 12.0. The molecular formula is C14H24N4O3. The smallest absolute Gasteiger partial charge is 0.361 e. The van der Waals surface area contributed by atoms with Gasteiger partial charge in [0.1, 0.15) is 11.6 Å². The molecule has 0 fully saturated rings. The van der Waals surface area contributed by atoms with Crippen LogP contribution in [-0.4, -0.2) is 38.5 Å². The molecule has 118 valence electrons. The van der Waals surface area contributed by atoms with Crippen LogP contribution in [0.2, 0.25) is 0 Å². The molecule has 0 saturated heterocycles. The van der Waals surface area contributed by atoms with Crippen molar-refractivity contribution in [3.05, 3.63) is 11.4 Å². The molecule has 0 aliphatic heterocycles. The number of rotatable bonds is 4. The van der Waals surface area contributed by atoms with Gasteiger partial charge < -0.3 is 10.1 Å². The van der Waals surface area contributed by atoms with Crippen molar-refractivity contribution in [3.63, 3.8) is 0 Å². The Labute approximate surface area is 125 Å². The van der Waals surface area contributed by atoms with Crippen LogP contribution in [0, 0.1) is 6.92 Å². The highest BCUT2D eigenvalue weighted by molar-refractivity contribution is 5.89. The summed E-state index contributed by atoms with van der Waals surface area (Å²) in [6.07, 6.45) is 0. The zero-order valence-electron chi connectivity index (χ0n) is 13.7. The third-order valence-electron chi connectivity index (χ3n) is 2.70. The van der Waals surface area contributed by atoms with Crippen LogP contribution in [0.25, 0.3) is 0 Å². The van der Waals surface area contributed by atoms with Crippen molar-refractivity contribution in [2.45, 2.75) is 66.2 Å². The lowest BCUT2D eigenvalue weighted by molar-refractivity contribution is -0.124. The van der Waals surface area contributed by atoms with E-state index in [1.54, 1.807) is 34.6 Å². The Morgan fingerprint density at radius 2 is 1.81 bits per heavy atom. The molecule has 0 radical (unpaired) electrons. The molecule has 7 heteroatoms. The van der Waals surface area contributed by atoms with Gasteiger partial charge in [-0.05, 0) is 48.5 Å². The summed E-state index contributed by atoms with van der Waals surface area (Å²) in [6.45, 7) is 12.5. The van der Waals surface area contributed by atoms with Gasteiger partial charge in [0, 0.05) is 6.04 Å². The number of aromatic nitrogens is 3. The van der Waals surface area contributed by atoms with Gasteiger partial charge in [0.2, 0.25) is 5.91 Å². The van der Waals surface area contributed by atoms with Crippen LogP contribution in [0.1, 0.15) is 63.8 Å². The Morgan fingerprint density at radius 3 is 2.29 bits per heavy atom. The van der Waals surface area contributed by atoms with Gasteiger partial charge in [-0.2, -0.15) is 0 Å². The van der Waals surface area contributed by atoms with Crippen LogP contribution < -0.4 is 5.32 Å². The van der Waals surface area contributed by atoms with Crippen molar-refractivity contribution in [2.75, 3.05) is 0 Å². The fourth-order valence-electron chi connectivity index (χ4n) is 1.74. The lowest BCUT2D eigenvalue weighted by Gasteiger charge is -2.19. The minimum absolute atomic E-state index is 0.0362. The number of nitrogens with one attached hydrogen (secondary N) is 1. The SMILES string of the molecule is Cc1c(C(=O)OC(C)(C)C)nnn1C(C)C(=O)NC(C)C. The zero-order valence-corrected chi connectivity index (χ0v) is 13.7. The highest BCUT2D eigenvalue weighted by atomic mass is 16.6. The summed E-state index contributed by atoms with van der Waals surface area (Å²) in [4.78, 5) is 24.0. The van der Waals surface area contributed by atoms with Gasteiger partial charge in [-0.25, -0.2) is 9.48 Å². The summed E-state index contributed by atoms with van der Waals surface area (Å²) in [5.41, 5.74) is 0.0401. The van der Waals surface area contributed by atoms with Gasteiger partial charge in [0.15, 0.2) is 5.69 Å². The Hall–Kier alpha value is -1.92. The summed E-state index contributed by atoms with van der Waals surface area (Å²) in [5.74, 6) is -0.712. The fourth-order valence-corrected chi connectivity index (χ4v) is 1.74. The number of carbonyl (C=O) groups excluding carboxylic acids is 2. The van der Waals surface area contributed by atoms with Gasteiger partial charge in [-0.3, -0.25) is 4.79 Å². The van der Waals surface area contributed by atoms with Crippen molar-refractivity contribution in [1.29, 1.82) is 0 Å². The number of hydrogen-bond donors (Lipinski definition) is 1. The largest absolute Gasteiger partial charge is 0.455 e. The van der Waals surface area contributed by atoms with E-state index in [0.29, 0.717) is 5.69 Å². The number of hydrogen-bond acceptors (Lipinski definition) is 5. The molecule has 1 amide bonds. The van der Waals surface area contributed by atoms with Gasteiger partial charge in [0.25, 0.3) is 0 Å². The van der Waals surface area contributed by atoms with Crippen LogP contribution in [0.3, 0.4) is 0 Å². The molecule has 21 heavy (non-hydrogen) atoms. The first-order chi connectivity index (χ1) is 9.53. The average molecular weight is 296 g/mol. The third-order valence-corrected chi connectivity index (χ3v) is 2.70. The molecule has 1 heterocycles. The van der Waals surface area contributed by atoms with E-state index in [4.69, 9.17) is 4.74 Å². The minimum Gasteiger partial charge on any atom is -0.455 e. The highest BCUT2D eigenvalue weighted by Crippen LogP contribution is 2.16. The van der Waals surface area contributed by atoms with Crippen molar-refractivity contribution >= 4 is 11.9 Å². The maximum atomic E-state index is 12.0. The van der Waals surface area contributed by atoms with Crippen molar-refractivity contribution in [3.8, 4) is 0 Å². The van der Waals surface area contributed by atoms with Gasteiger partial charge in [0.05, 0.1) is 5.69 Å². The summed E-state index contributed by atoms with van der Waals surface area (Å²) < 4.78 is 6.69. The molecule has 0 aliphatic carbocycles. The van der Waals surface area contributed by atoms with Crippen LogP contribution in [0.4, 0.5) is 0 Å². The predicted molar refractivity (Wildman–Crippen MR) is 77.9 cm³/mol. The van der Waals surface area contributed by atoms with E-state index in [0.717, 1.165) is 0 Å². The number of esters is 1. The molecule has 0 saturated carbocycles. The van der Waals surface area contributed by atoms with E-state index in [9.17, 15) is 9.59 Å². The van der Waals surface area contributed by atoms with Gasteiger partial charge in [-0.1, -0.05) is 5.21 Å². The monoisotopic (exact) mass is 296 g/mol. The summed E-state index contributed by atoms with van der Waals surface area (Å²) in [7, 11) is 0. The second-order valence-electron chi connectivity index (χ2n) is 6.31. The topological polar surface area (TPSA) is 86.1 Å². The summed E-state index contributed by atoms with van der Waals surface area (Å²) in [6, 6.07) is -0.509. The van der Waals surface area contributed by atoms with E-state index in [1.165, 1.54) is 4.68 Å². The molecule has 1 rings (SSSR count).